The van der Waals surface area contributed by atoms with Gasteiger partial charge in [-0.05, 0) is 68.4 Å². The normalized spacial score (nSPS) is 29.9. The Morgan fingerprint density at radius 1 is 1.03 bits per heavy atom. The molecular weight excluding hydrogens is 364 g/mol. The van der Waals surface area contributed by atoms with Crippen LogP contribution in [0.3, 0.4) is 0 Å². The molecule has 2 aromatic rings. The number of carbonyl (C=O) groups is 2. The van der Waals surface area contributed by atoms with Crippen molar-refractivity contribution in [2.45, 2.75) is 51.4 Å². The summed E-state index contributed by atoms with van der Waals surface area (Å²) in [6.07, 6.45) is 12.2. The third kappa shape index (κ3) is 3.77. The molecule has 4 aliphatic rings. The first-order chi connectivity index (χ1) is 14.1. The minimum Gasteiger partial charge on any atom is -0.356 e. The van der Waals surface area contributed by atoms with Gasteiger partial charge in [0.2, 0.25) is 11.8 Å². The maximum atomic E-state index is 12.9. The van der Waals surface area contributed by atoms with Gasteiger partial charge in [-0.2, -0.15) is 0 Å². The van der Waals surface area contributed by atoms with Crippen LogP contribution in [0.5, 0.6) is 0 Å². The van der Waals surface area contributed by atoms with Gasteiger partial charge in [0, 0.05) is 43.7 Å². The van der Waals surface area contributed by atoms with Gasteiger partial charge in [0.25, 0.3) is 0 Å². The number of carbonyl (C=O) groups excluding carboxylic acids is 2. The van der Waals surface area contributed by atoms with Crippen LogP contribution in [0.2, 0.25) is 0 Å². The number of nitrogens with one attached hydrogen (secondary N) is 2. The van der Waals surface area contributed by atoms with E-state index < -0.39 is 0 Å². The Morgan fingerprint density at radius 3 is 2.45 bits per heavy atom. The molecule has 0 saturated heterocycles. The monoisotopic (exact) mass is 394 g/mol. The predicted molar refractivity (Wildman–Crippen MR) is 110 cm³/mol. The Bertz CT molecular complexity index is 850. The van der Waals surface area contributed by atoms with E-state index in [0.717, 1.165) is 48.4 Å². The molecule has 0 spiro atoms. The predicted octanol–water partition coefficient (Wildman–Crippen LogP) is 2.72. The van der Waals surface area contributed by atoms with Gasteiger partial charge in [-0.25, -0.2) is 4.98 Å². The summed E-state index contributed by atoms with van der Waals surface area (Å²) in [5, 5.41) is 6.03. The molecule has 2 aromatic heterocycles. The molecule has 4 saturated carbocycles. The highest BCUT2D eigenvalue weighted by Crippen LogP contribution is 2.60. The van der Waals surface area contributed by atoms with Crippen LogP contribution in [0.4, 0.5) is 0 Å². The van der Waals surface area contributed by atoms with Crippen molar-refractivity contribution >= 4 is 17.5 Å². The summed E-state index contributed by atoms with van der Waals surface area (Å²) < 4.78 is 1.98. The van der Waals surface area contributed by atoms with Crippen LogP contribution in [0.1, 0.15) is 50.6 Å². The van der Waals surface area contributed by atoms with Crippen molar-refractivity contribution in [1.82, 2.24) is 20.0 Å². The van der Waals surface area contributed by atoms with Crippen molar-refractivity contribution < 1.29 is 9.59 Å². The van der Waals surface area contributed by atoms with Gasteiger partial charge >= 0.3 is 0 Å². The molecule has 0 aromatic carbocycles. The zero-order chi connectivity index (χ0) is 19.8. The van der Waals surface area contributed by atoms with E-state index in [1.54, 1.807) is 0 Å². The summed E-state index contributed by atoms with van der Waals surface area (Å²) >= 11 is 0. The van der Waals surface area contributed by atoms with E-state index >= 15 is 0 Å². The Labute approximate surface area is 171 Å². The molecule has 2 amide bonds. The van der Waals surface area contributed by atoms with Crippen LogP contribution in [0.15, 0.2) is 30.6 Å². The number of aromatic nitrogens is 2. The number of amides is 2. The van der Waals surface area contributed by atoms with Crippen LogP contribution in [0.25, 0.3) is 5.65 Å². The first-order valence-corrected chi connectivity index (χ1v) is 11.1. The van der Waals surface area contributed by atoms with Crippen LogP contribution in [-0.2, 0) is 16.0 Å². The molecule has 6 rings (SSSR count). The highest BCUT2D eigenvalue weighted by molar-refractivity contribution is 5.84. The lowest BCUT2D eigenvalue weighted by atomic mass is 9.49. The minimum atomic E-state index is -0.131. The van der Waals surface area contributed by atoms with E-state index in [9.17, 15) is 9.59 Å². The molecule has 4 bridgehead atoms. The van der Waals surface area contributed by atoms with Gasteiger partial charge in [-0.1, -0.05) is 6.07 Å². The number of hydrogen-bond donors (Lipinski definition) is 2. The highest BCUT2D eigenvalue weighted by Gasteiger charge is 2.54. The summed E-state index contributed by atoms with van der Waals surface area (Å²) in [7, 11) is 0. The Kier molecular flexibility index (Phi) is 4.80. The van der Waals surface area contributed by atoms with Gasteiger partial charge < -0.3 is 15.0 Å². The van der Waals surface area contributed by atoms with Gasteiger partial charge in [0.1, 0.15) is 5.65 Å². The van der Waals surface area contributed by atoms with Crippen molar-refractivity contribution in [3.63, 3.8) is 0 Å². The topological polar surface area (TPSA) is 75.5 Å². The lowest BCUT2D eigenvalue weighted by Gasteiger charge is -2.55. The van der Waals surface area contributed by atoms with Crippen molar-refractivity contribution in [1.29, 1.82) is 0 Å². The average molecular weight is 395 g/mol. The molecule has 6 heteroatoms. The van der Waals surface area contributed by atoms with Crippen LogP contribution in [-0.4, -0.2) is 34.3 Å². The third-order valence-corrected chi connectivity index (χ3v) is 7.27. The zero-order valence-corrected chi connectivity index (χ0v) is 16.9. The molecular formula is C23H30N4O2. The Morgan fingerprint density at radius 2 is 1.76 bits per heavy atom. The lowest BCUT2D eigenvalue weighted by molar-refractivity contribution is -0.146. The van der Waals surface area contributed by atoms with Crippen molar-refractivity contribution in [2.24, 2.45) is 23.2 Å². The molecule has 0 atom stereocenters. The molecule has 4 fully saturated rings. The SMILES string of the molecule is O=C(CCNC(=O)C12CC3CC(CC(C3)C1)C2)NCCc1cn2ccccc2n1. The second-order valence-corrected chi connectivity index (χ2v) is 9.50. The fourth-order valence-corrected chi connectivity index (χ4v) is 6.39. The summed E-state index contributed by atoms with van der Waals surface area (Å²) in [6.45, 7) is 0.992. The summed E-state index contributed by atoms with van der Waals surface area (Å²) in [5.41, 5.74) is 1.75. The third-order valence-electron chi connectivity index (χ3n) is 7.27. The number of hydrogen-bond acceptors (Lipinski definition) is 3. The molecule has 29 heavy (non-hydrogen) atoms. The summed E-state index contributed by atoms with van der Waals surface area (Å²) in [5.74, 6) is 2.47. The van der Waals surface area contributed by atoms with Crippen molar-refractivity contribution in [3.05, 3.63) is 36.3 Å². The molecule has 0 aliphatic heterocycles. The first kappa shape index (κ1) is 18.6. The van der Waals surface area contributed by atoms with E-state index in [2.05, 4.69) is 15.6 Å². The van der Waals surface area contributed by atoms with E-state index in [0.29, 0.717) is 25.9 Å². The maximum absolute atomic E-state index is 12.9. The summed E-state index contributed by atoms with van der Waals surface area (Å²) in [4.78, 5) is 29.6. The summed E-state index contributed by atoms with van der Waals surface area (Å²) in [6, 6.07) is 5.90. The highest BCUT2D eigenvalue weighted by atomic mass is 16.2. The standard InChI is InChI=1S/C23H30N4O2/c28-21(24-6-4-19-15-27-8-2-1-3-20(27)26-19)5-7-25-22(29)23-12-16-9-17(13-23)11-18(10-16)14-23/h1-3,8,15-18H,4-7,9-14H2,(H,24,28)(H,25,29). The number of pyridine rings is 1. The molecule has 6 nitrogen and oxygen atoms in total. The molecule has 0 unspecified atom stereocenters. The molecule has 2 N–H and O–H groups in total. The molecule has 4 aliphatic carbocycles. The maximum Gasteiger partial charge on any atom is 0.226 e. The van der Waals surface area contributed by atoms with Gasteiger partial charge in [0.15, 0.2) is 0 Å². The largest absolute Gasteiger partial charge is 0.356 e. The lowest BCUT2D eigenvalue weighted by Crippen LogP contribution is -2.53. The average Bonchev–Trinajstić information content (AvgIpc) is 3.09. The number of rotatable bonds is 7. The first-order valence-electron chi connectivity index (χ1n) is 11.1. The van der Waals surface area contributed by atoms with E-state index in [1.807, 2.05) is 35.0 Å². The van der Waals surface area contributed by atoms with E-state index in [4.69, 9.17) is 0 Å². The fraction of sp³-hybridized carbons (Fsp3) is 0.609. The molecule has 154 valence electrons. The fourth-order valence-electron chi connectivity index (χ4n) is 6.39. The number of imidazole rings is 1. The molecule has 0 radical (unpaired) electrons. The number of nitrogens with zero attached hydrogens (tertiary/aromatic N) is 2. The van der Waals surface area contributed by atoms with Gasteiger partial charge in [-0.15, -0.1) is 0 Å². The zero-order valence-electron chi connectivity index (χ0n) is 16.9. The Hall–Kier alpha value is -2.37. The second-order valence-electron chi connectivity index (χ2n) is 9.50. The van der Waals surface area contributed by atoms with E-state index in [1.165, 1.54) is 19.3 Å². The second kappa shape index (κ2) is 7.47. The smallest absolute Gasteiger partial charge is 0.226 e. The quantitative estimate of drug-likeness (QED) is 0.758. The van der Waals surface area contributed by atoms with Crippen LogP contribution in [0, 0.1) is 23.2 Å². The van der Waals surface area contributed by atoms with Crippen LogP contribution >= 0.6 is 0 Å². The van der Waals surface area contributed by atoms with Gasteiger partial charge in [0.05, 0.1) is 5.69 Å². The van der Waals surface area contributed by atoms with Crippen LogP contribution < -0.4 is 10.6 Å². The molecule has 2 heterocycles. The number of fused-ring (bicyclic) bond motifs is 1. The van der Waals surface area contributed by atoms with Crippen molar-refractivity contribution in [2.75, 3.05) is 13.1 Å². The minimum absolute atomic E-state index is 0.0143. The van der Waals surface area contributed by atoms with E-state index in [-0.39, 0.29) is 17.2 Å². The van der Waals surface area contributed by atoms with Gasteiger partial charge in [-0.3, -0.25) is 9.59 Å². The van der Waals surface area contributed by atoms with Crippen molar-refractivity contribution in [3.8, 4) is 0 Å². The Balaban J connectivity index is 1.04.